The fraction of sp³-hybridized carbons (Fsp3) is 0.214. The molecule has 0 saturated carbocycles. The van der Waals surface area contributed by atoms with Gasteiger partial charge in [-0.25, -0.2) is 4.98 Å². The molecule has 10 heteroatoms. The molecule has 0 aliphatic carbocycles. The van der Waals surface area contributed by atoms with E-state index in [9.17, 15) is 19.7 Å². The van der Waals surface area contributed by atoms with Crippen molar-refractivity contribution >= 4 is 45.6 Å². The van der Waals surface area contributed by atoms with Gasteiger partial charge < -0.3 is 4.74 Å². The number of nitrogens with one attached hydrogen (secondary N) is 1. The van der Waals surface area contributed by atoms with Gasteiger partial charge in [-0.2, -0.15) is 0 Å². The van der Waals surface area contributed by atoms with Crippen LogP contribution in [-0.2, 0) is 16.0 Å². The van der Waals surface area contributed by atoms with E-state index < -0.39 is 16.8 Å². The number of ether oxygens (including phenoxy) is 1. The third-order valence-electron chi connectivity index (χ3n) is 2.81. The summed E-state index contributed by atoms with van der Waals surface area (Å²) in [6.07, 6.45) is 0.00657. The molecule has 2 aromatic rings. The van der Waals surface area contributed by atoms with E-state index in [1.807, 2.05) is 0 Å². The second-order valence-corrected chi connectivity index (χ2v) is 5.77. The van der Waals surface area contributed by atoms with Crippen LogP contribution in [0.5, 0.6) is 0 Å². The Labute approximate surface area is 145 Å². The number of nitro benzene ring substituents is 1. The molecule has 0 unspecified atom stereocenters. The molecule has 24 heavy (non-hydrogen) atoms. The van der Waals surface area contributed by atoms with E-state index in [2.05, 4.69) is 10.3 Å². The Balaban J connectivity index is 2.07. The van der Waals surface area contributed by atoms with Gasteiger partial charge in [-0.3, -0.25) is 25.0 Å². The summed E-state index contributed by atoms with van der Waals surface area (Å²) in [5.41, 5.74) is 0.190. The maximum atomic E-state index is 12.1. The first-order valence-corrected chi connectivity index (χ1v) is 8.01. The van der Waals surface area contributed by atoms with Crippen molar-refractivity contribution in [2.75, 3.05) is 11.9 Å². The summed E-state index contributed by atoms with van der Waals surface area (Å²) >= 11 is 6.84. The molecule has 0 bridgehead atoms. The van der Waals surface area contributed by atoms with Gasteiger partial charge in [0.05, 0.1) is 23.6 Å². The van der Waals surface area contributed by atoms with Crippen LogP contribution in [0.3, 0.4) is 0 Å². The topological polar surface area (TPSA) is 111 Å². The number of hydrogen-bond donors (Lipinski definition) is 1. The van der Waals surface area contributed by atoms with Crippen LogP contribution in [0.15, 0.2) is 23.6 Å². The molecule has 0 aliphatic heterocycles. The predicted octanol–water partition coefficient (Wildman–Crippen LogP) is 3.06. The molecule has 1 N–H and O–H groups in total. The molecule has 126 valence electrons. The predicted molar refractivity (Wildman–Crippen MR) is 88.5 cm³/mol. The lowest BCUT2D eigenvalue weighted by atomic mass is 10.2. The largest absolute Gasteiger partial charge is 0.466 e. The Morgan fingerprint density at radius 3 is 2.88 bits per heavy atom. The summed E-state index contributed by atoms with van der Waals surface area (Å²) in [5, 5.41) is 15.2. The number of carbonyl (C=O) groups excluding carboxylic acids is 2. The van der Waals surface area contributed by atoms with Gasteiger partial charge in [0.15, 0.2) is 5.13 Å². The molecule has 0 fully saturated rings. The molecule has 1 heterocycles. The lowest BCUT2D eigenvalue weighted by Gasteiger charge is -2.02. The van der Waals surface area contributed by atoms with Gasteiger partial charge in [0.1, 0.15) is 5.02 Å². The fourth-order valence-corrected chi connectivity index (χ4v) is 2.66. The van der Waals surface area contributed by atoms with Crippen LogP contribution in [0.25, 0.3) is 0 Å². The first-order valence-electron chi connectivity index (χ1n) is 6.76. The van der Waals surface area contributed by atoms with E-state index in [1.54, 1.807) is 12.3 Å². The molecule has 0 radical (unpaired) electrons. The minimum Gasteiger partial charge on any atom is -0.466 e. The lowest BCUT2D eigenvalue weighted by molar-refractivity contribution is -0.384. The van der Waals surface area contributed by atoms with Crippen molar-refractivity contribution in [3.63, 3.8) is 0 Å². The van der Waals surface area contributed by atoms with Gasteiger partial charge in [0, 0.05) is 17.0 Å². The standard InChI is InChI=1S/C14H12ClN3O5S/c1-2-23-12(19)6-9-7-24-14(16-9)17-13(20)8-3-4-10(15)11(5-8)18(21)22/h3-5,7H,2,6H2,1H3,(H,16,17,20). The van der Waals surface area contributed by atoms with Gasteiger partial charge in [-0.15, -0.1) is 11.3 Å². The van der Waals surface area contributed by atoms with Crippen LogP contribution in [-0.4, -0.2) is 28.4 Å². The molecule has 8 nitrogen and oxygen atoms in total. The van der Waals surface area contributed by atoms with Crippen LogP contribution in [0, 0.1) is 10.1 Å². The monoisotopic (exact) mass is 369 g/mol. The average Bonchev–Trinajstić information content (AvgIpc) is 2.94. The highest BCUT2D eigenvalue weighted by atomic mass is 35.5. The molecule has 0 spiro atoms. The zero-order valence-corrected chi connectivity index (χ0v) is 14.0. The number of rotatable bonds is 6. The number of halogens is 1. The number of aromatic nitrogens is 1. The number of hydrogen-bond acceptors (Lipinski definition) is 7. The smallest absolute Gasteiger partial charge is 0.311 e. The molecule has 2 rings (SSSR count). The maximum absolute atomic E-state index is 12.1. The van der Waals surface area contributed by atoms with Crippen molar-refractivity contribution in [2.24, 2.45) is 0 Å². The first-order chi connectivity index (χ1) is 11.4. The number of nitrogens with zero attached hydrogens (tertiary/aromatic N) is 2. The third-order valence-corrected chi connectivity index (χ3v) is 3.93. The Bertz CT molecular complexity index is 792. The molecular weight excluding hydrogens is 358 g/mol. The molecule has 1 aromatic heterocycles. The van der Waals surface area contributed by atoms with Gasteiger partial charge >= 0.3 is 5.97 Å². The van der Waals surface area contributed by atoms with Crippen LogP contribution < -0.4 is 5.32 Å². The summed E-state index contributed by atoms with van der Waals surface area (Å²) in [7, 11) is 0. The fourth-order valence-electron chi connectivity index (χ4n) is 1.77. The maximum Gasteiger partial charge on any atom is 0.311 e. The summed E-state index contributed by atoms with van der Waals surface area (Å²) in [5.74, 6) is -0.971. The highest BCUT2D eigenvalue weighted by molar-refractivity contribution is 7.14. The summed E-state index contributed by atoms with van der Waals surface area (Å²) in [6, 6.07) is 3.74. The number of esters is 1. The molecular formula is C14H12ClN3O5S. The number of nitro groups is 1. The quantitative estimate of drug-likeness (QED) is 0.475. The first kappa shape index (κ1) is 17.8. The highest BCUT2D eigenvalue weighted by Gasteiger charge is 2.17. The molecule has 0 atom stereocenters. The highest BCUT2D eigenvalue weighted by Crippen LogP contribution is 2.26. The van der Waals surface area contributed by atoms with Crippen LogP contribution >= 0.6 is 22.9 Å². The van der Waals surface area contributed by atoms with Crippen molar-refractivity contribution in [2.45, 2.75) is 13.3 Å². The minimum atomic E-state index is -0.667. The minimum absolute atomic E-state index is 0.00657. The summed E-state index contributed by atoms with van der Waals surface area (Å²) in [4.78, 5) is 37.8. The van der Waals surface area contributed by atoms with Crippen LogP contribution in [0.4, 0.5) is 10.8 Å². The van der Waals surface area contributed by atoms with Crippen molar-refractivity contribution in [3.05, 3.63) is 50.0 Å². The molecule has 0 saturated heterocycles. The van der Waals surface area contributed by atoms with Crippen LogP contribution in [0.1, 0.15) is 23.0 Å². The van der Waals surface area contributed by atoms with E-state index in [1.165, 1.54) is 12.1 Å². The molecule has 1 aromatic carbocycles. The van der Waals surface area contributed by atoms with E-state index in [0.717, 1.165) is 17.4 Å². The normalized spacial score (nSPS) is 10.2. The number of carbonyl (C=O) groups is 2. The van der Waals surface area contributed by atoms with E-state index >= 15 is 0 Å². The Morgan fingerprint density at radius 1 is 1.46 bits per heavy atom. The van der Waals surface area contributed by atoms with Crippen molar-refractivity contribution in [1.29, 1.82) is 0 Å². The van der Waals surface area contributed by atoms with Gasteiger partial charge in [0.2, 0.25) is 0 Å². The Hall–Kier alpha value is -2.52. The van der Waals surface area contributed by atoms with E-state index in [-0.39, 0.29) is 34.4 Å². The zero-order chi connectivity index (χ0) is 17.7. The number of amides is 1. The number of benzene rings is 1. The second kappa shape index (κ2) is 7.84. The van der Waals surface area contributed by atoms with Gasteiger partial charge in [0.25, 0.3) is 11.6 Å². The number of anilines is 1. The van der Waals surface area contributed by atoms with Crippen molar-refractivity contribution in [3.8, 4) is 0 Å². The molecule has 1 amide bonds. The van der Waals surface area contributed by atoms with Crippen molar-refractivity contribution < 1.29 is 19.2 Å². The Kier molecular flexibility index (Phi) is 5.83. The average molecular weight is 370 g/mol. The van der Waals surface area contributed by atoms with Gasteiger partial charge in [-0.1, -0.05) is 11.6 Å². The van der Waals surface area contributed by atoms with Crippen molar-refractivity contribution in [1.82, 2.24) is 4.98 Å². The SMILES string of the molecule is CCOC(=O)Cc1csc(NC(=O)c2ccc(Cl)c([N+](=O)[O-])c2)n1. The van der Waals surface area contributed by atoms with E-state index in [0.29, 0.717) is 5.69 Å². The lowest BCUT2D eigenvalue weighted by Crippen LogP contribution is -2.12. The van der Waals surface area contributed by atoms with Crippen LogP contribution in [0.2, 0.25) is 5.02 Å². The zero-order valence-electron chi connectivity index (χ0n) is 12.4. The molecule has 0 aliphatic rings. The Morgan fingerprint density at radius 2 is 2.21 bits per heavy atom. The summed E-state index contributed by atoms with van der Waals surface area (Å²) < 4.78 is 4.81. The van der Waals surface area contributed by atoms with E-state index in [4.69, 9.17) is 16.3 Å². The van der Waals surface area contributed by atoms with Gasteiger partial charge in [-0.05, 0) is 19.1 Å². The summed E-state index contributed by atoms with van der Waals surface area (Å²) in [6.45, 7) is 1.98. The second-order valence-electron chi connectivity index (χ2n) is 4.50. The third kappa shape index (κ3) is 4.49. The number of thiazole rings is 1.